The van der Waals surface area contributed by atoms with Gasteiger partial charge in [0.25, 0.3) is 0 Å². The van der Waals surface area contributed by atoms with E-state index in [1.54, 1.807) is 6.33 Å². The molecule has 1 saturated carbocycles. The number of nitrogens with one attached hydrogen (secondary N) is 2. The van der Waals surface area contributed by atoms with Gasteiger partial charge in [0.05, 0.1) is 10.6 Å². The number of nitrogens with zero attached hydrogens (tertiary/aromatic N) is 3. The maximum Gasteiger partial charge on any atom is 0.214 e. The topological polar surface area (TPSA) is 91.0 Å². The number of hydrogen-bond donors (Lipinski definition) is 2. The van der Waals surface area contributed by atoms with Gasteiger partial charge in [0.15, 0.2) is 0 Å². The van der Waals surface area contributed by atoms with Crippen LogP contribution in [0, 0.1) is 0 Å². The van der Waals surface area contributed by atoms with E-state index < -0.39 is 15.6 Å². The third-order valence-electron chi connectivity index (χ3n) is 4.75. The maximum absolute atomic E-state index is 12.5. The molecule has 0 radical (unpaired) electrons. The SMILES string of the molecule is CN(c1ncnc2[nH]ccc12)C1CCC(S(=O)(=O)NC(C)(C)C)CC1. The van der Waals surface area contributed by atoms with E-state index in [9.17, 15) is 8.42 Å². The summed E-state index contributed by atoms with van der Waals surface area (Å²) < 4.78 is 27.9. The van der Waals surface area contributed by atoms with Crippen molar-refractivity contribution in [2.75, 3.05) is 11.9 Å². The van der Waals surface area contributed by atoms with Crippen molar-refractivity contribution in [3.05, 3.63) is 18.6 Å². The first-order valence-electron chi connectivity index (χ1n) is 8.71. The molecule has 1 fully saturated rings. The van der Waals surface area contributed by atoms with Crippen LogP contribution in [0.5, 0.6) is 0 Å². The fourth-order valence-electron chi connectivity index (χ4n) is 3.57. The highest BCUT2D eigenvalue weighted by Gasteiger charge is 2.34. The molecule has 2 aromatic rings. The molecule has 25 heavy (non-hydrogen) atoms. The van der Waals surface area contributed by atoms with E-state index in [2.05, 4.69) is 24.6 Å². The van der Waals surface area contributed by atoms with Crippen molar-refractivity contribution in [1.29, 1.82) is 0 Å². The van der Waals surface area contributed by atoms with Crippen LogP contribution in [0.1, 0.15) is 46.5 Å². The molecule has 0 saturated heterocycles. The third-order valence-corrected chi connectivity index (χ3v) is 6.99. The fraction of sp³-hybridized carbons (Fsp3) is 0.647. The summed E-state index contributed by atoms with van der Waals surface area (Å²) in [6.45, 7) is 5.63. The number of anilines is 1. The van der Waals surface area contributed by atoms with Crippen molar-refractivity contribution in [1.82, 2.24) is 19.7 Å². The smallest absolute Gasteiger partial charge is 0.214 e. The van der Waals surface area contributed by atoms with Crippen LogP contribution in [-0.4, -0.2) is 47.2 Å². The monoisotopic (exact) mass is 365 g/mol. The molecule has 2 aromatic heterocycles. The van der Waals surface area contributed by atoms with E-state index in [-0.39, 0.29) is 11.3 Å². The van der Waals surface area contributed by atoms with Crippen LogP contribution in [-0.2, 0) is 10.0 Å². The predicted molar refractivity (Wildman–Crippen MR) is 100 cm³/mol. The van der Waals surface area contributed by atoms with Crippen molar-refractivity contribution in [3.63, 3.8) is 0 Å². The minimum atomic E-state index is -3.28. The largest absolute Gasteiger partial charge is 0.356 e. The standard InChI is InChI=1S/C17H27N5O2S/c1-17(2,3)21-25(23,24)13-7-5-12(6-8-13)22(4)16-14-9-10-18-15(14)19-11-20-16/h9-13,21H,5-8H2,1-4H3,(H,18,19,20). The Morgan fingerprint density at radius 1 is 1.20 bits per heavy atom. The third kappa shape index (κ3) is 3.95. The lowest BCUT2D eigenvalue weighted by molar-refractivity contribution is 0.409. The molecule has 3 rings (SSSR count). The molecule has 0 atom stereocenters. The first-order chi connectivity index (χ1) is 11.7. The van der Waals surface area contributed by atoms with Gasteiger partial charge in [-0.3, -0.25) is 0 Å². The lowest BCUT2D eigenvalue weighted by Gasteiger charge is -2.36. The molecule has 138 valence electrons. The summed E-state index contributed by atoms with van der Waals surface area (Å²) in [6, 6.07) is 2.26. The molecule has 2 N–H and O–H groups in total. The van der Waals surface area contributed by atoms with Crippen LogP contribution in [0.3, 0.4) is 0 Å². The number of fused-ring (bicyclic) bond motifs is 1. The van der Waals surface area contributed by atoms with Crippen LogP contribution in [0.25, 0.3) is 11.0 Å². The zero-order valence-electron chi connectivity index (χ0n) is 15.3. The molecule has 0 aliphatic heterocycles. The van der Waals surface area contributed by atoms with E-state index in [0.717, 1.165) is 29.7 Å². The van der Waals surface area contributed by atoms with Crippen molar-refractivity contribution >= 4 is 26.9 Å². The van der Waals surface area contributed by atoms with Gasteiger partial charge in [-0.1, -0.05) is 0 Å². The summed E-state index contributed by atoms with van der Waals surface area (Å²) in [5.41, 5.74) is 0.385. The van der Waals surface area contributed by atoms with Crippen molar-refractivity contribution < 1.29 is 8.42 Å². The van der Waals surface area contributed by atoms with Gasteiger partial charge in [-0.05, 0) is 52.5 Å². The summed E-state index contributed by atoms with van der Waals surface area (Å²) in [7, 11) is -1.25. The molecule has 1 aliphatic carbocycles. The summed E-state index contributed by atoms with van der Waals surface area (Å²) in [4.78, 5) is 13.9. The molecule has 0 amide bonds. The Bertz CT molecular complexity index is 832. The fourth-order valence-corrected chi connectivity index (χ4v) is 5.48. The second-order valence-electron chi connectivity index (χ2n) is 7.88. The van der Waals surface area contributed by atoms with Crippen molar-refractivity contribution in [2.24, 2.45) is 0 Å². The van der Waals surface area contributed by atoms with E-state index in [4.69, 9.17) is 0 Å². The number of rotatable bonds is 4. The molecule has 2 heterocycles. The quantitative estimate of drug-likeness (QED) is 0.868. The minimum Gasteiger partial charge on any atom is -0.356 e. The van der Waals surface area contributed by atoms with Gasteiger partial charge in [-0.2, -0.15) is 0 Å². The number of aromatic amines is 1. The molecular formula is C17H27N5O2S. The van der Waals surface area contributed by atoms with Crippen LogP contribution in [0.15, 0.2) is 18.6 Å². The van der Waals surface area contributed by atoms with Gasteiger partial charge in [-0.15, -0.1) is 0 Å². The van der Waals surface area contributed by atoms with Gasteiger partial charge in [0.2, 0.25) is 10.0 Å². The molecule has 0 aromatic carbocycles. The first-order valence-corrected chi connectivity index (χ1v) is 10.3. The number of H-pyrrole nitrogens is 1. The Labute approximate surface area is 149 Å². The molecule has 0 spiro atoms. The molecule has 1 aliphatic rings. The summed E-state index contributed by atoms with van der Waals surface area (Å²) in [5, 5.41) is 0.684. The molecular weight excluding hydrogens is 338 g/mol. The van der Waals surface area contributed by atoms with Crippen molar-refractivity contribution in [2.45, 2.75) is 63.3 Å². The lowest BCUT2D eigenvalue weighted by Crippen LogP contribution is -2.47. The van der Waals surface area contributed by atoms with Gasteiger partial charge < -0.3 is 9.88 Å². The average molecular weight is 366 g/mol. The maximum atomic E-state index is 12.5. The zero-order chi connectivity index (χ0) is 18.2. The van der Waals surface area contributed by atoms with Gasteiger partial charge in [0, 0.05) is 24.8 Å². The van der Waals surface area contributed by atoms with Crippen LogP contribution < -0.4 is 9.62 Å². The van der Waals surface area contributed by atoms with Gasteiger partial charge in [0.1, 0.15) is 17.8 Å². The molecule has 0 bridgehead atoms. The van der Waals surface area contributed by atoms with Gasteiger partial charge >= 0.3 is 0 Å². The lowest BCUT2D eigenvalue weighted by atomic mass is 9.94. The number of aromatic nitrogens is 3. The first kappa shape index (κ1) is 18.1. The van der Waals surface area contributed by atoms with E-state index in [1.807, 2.05) is 40.1 Å². The Hall–Kier alpha value is -1.67. The second-order valence-corrected chi connectivity index (χ2v) is 9.84. The Morgan fingerprint density at radius 3 is 2.52 bits per heavy atom. The second kappa shape index (κ2) is 6.57. The molecule has 0 unspecified atom stereocenters. The normalized spacial score (nSPS) is 22.2. The van der Waals surface area contributed by atoms with E-state index >= 15 is 0 Å². The summed E-state index contributed by atoms with van der Waals surface area (Å²) in [6.07, 6.45) is 6.43. The summed E-state index contributed by atoms with van der Waals surface area (Å²) >= 11 is 0. The number of hydrogen-bond acceptors (Lipinski definition) is 5. The highest BCUT2D eigenvalue weighted by atomic mass is 32.2. The van der Waals surface area contributed by atoms with Gasteiger partial charge in [-0.25, -0.2) is 23.1 Å². The predicted octanol–water partition coefficient (Wildman–Crippen LogP) is 2.42. The molecule has 7 nitrogen and oxygen atoms in total. The highest BCUT2D eigenvalue weighted by molar-refractivity contribution is 7.90. The van der Waals surface area contributed by atoms with Crippen LogP contribution >= 0.6 is 0 Å². The van der Waals surface area contributed by atoms with Crippen LogP contribution in [0.4, 0.5) is 5.82 Å². The van der Waals surface area contributed by atoms with Crippen LogP contribution in [0.2, 0.25) is 0 Å². The van der Waals surface area contributed by atoms with E-state index in [0.29, 0.717) is 12.8 Å². The Balaban J connectivity index is 1.69. The average Bonchev–Trinajstić information content (AvgIpc) is 3.00. The van der Waals surface area contributed by atoms with Crippen molar-refractivity contribution in [3.8, 4) is 0 Å². The Morgan fingerprint density at radius 2 is 1.88 bits per heavy atom. The molecule has 8 heteroatoms. The van der Waals surface area contributed by atoms with E-state index in [1.165, 1.54) is 0 Å². The minimum absolute atomic E-state index is 0.286. The summed E-state index contributed by atoms with van der Waals surface area (Å²) in [5.74, 6) is 0.894. The Kier molecular flexibility index (Phi) is 4.76. The zero-order valence-corrected chi connectivity index (χ0v) is 16.1. The number of sulfonamides is 1. The highest BCUT2D eigenvalue weighted by Crippen LogP contribution is 2.31.